The molecule has 1 fully saturated rings. The average Bonchev–Trinajstić information content (AvgIpc) is 2.61. The van der Waals surface area contributed by atoms with Crippen molar-refractivity contribution in [3.05, 3.63) is 65.2 Å². The molecule has 1 saturated carbocycles. The van der Waals surface area contributed by atoms with E-state index in [0.29, 0.717) is 5.92 Å². The van der Waals surface area contributed by atoms with Gasteiger partial charge in [0.25, 0.3) is 0 Å². The summed E-state index contributed by atoms with van der Waals surface area (Å²) in [5.41, 5.74) is 3.50. The molecule has 0 bridgehead atoms. The molecule has 128 valence electrons. The van der Waals surface area contributed by atoms with Crippen LogP contribution in [0.3, 0.4) is 0 Å². The van der Waals surface area contributed by atoms with E-state index >= 15 is 0 Å². The van der Waals surface area contributed by atoms with E-state index in [1.54, 1.807) is 0 Å². The highest BCUT2D eigenvalue weighted by Gasteiger charge is 2.30. The second kappa shape index (κ2) is 7.82. The van der Waals surface area contributed by atoms with Crippen LogP contribution in [0, 0.1) is 19.8 Å². The summed E-state index contributed by atoms with van der Waals surface area (Å²) in [4.78, 5) is 4.84. The zero-order valence-electron chi connectivity index (χ0n) is 14.4. The quantitative estimate of drug-likeness (QED) is 0.585. The first-order valence-electron chi connectivity index (χ1n) is 8.76. The van der Waals surface area contributed by atoms with Gasteiger partial charge in [-0.2, -0.15) is 0 Å². The Hall–Kier alpha value is -1.84. The molecular formula is C21H26O3. The predicted molar refractivity (Wildman–Crippen MR) is 95.2 cm³/mol. The third-order valence-electron chi connectivity index (χ3n) is 4.99. The van der Waals surface area contributed by atoms with Crippen molar-refractivity contribution in [1.29, 1.82) is 0 Å². The first-order chi connectivity index (χ1) is 11.7. The van der Waals surface area contributed by atoms with Crippen LogP contribution in [0.2, 0.25) is 0 Å². The van der Waals surface area contributed by atoms with Crippen LogP contribution in [0.5, 0.6) is 5.75 Å². The fourth-order valence-corrected chi connectivity index (χ4v) is 3.49. The van der Waals surface area contributed by atoms with Gasteiger partial charge in [0, 0.05) is 0 Å². The normalized spacial score (nSPS) is 22.1. The summed E-state index contributed by atoms with van der Waals surface area (Å²) in [5.74, 6) is 1.27. The van der Waals surface area contributed by atoms with Crippen molar-refractivity contribution in [2.24, 2.45) is 5.92 Å². The fourth-order valence-electron chi connectivity index (χ4n) is 3.49. The topological polar surface area (TPSA) is 38.7 Å². The maximum Gasteiger partial charge on any atom is 0.120 e. The third kappa shape index (κ3) is 4.16. The molecule has 1 aliphatic carbocycles. The van der Waals surface area contributed by atoms with Crippen molar-refractivity contribution in [2.75, 3.05) is 0 Å². The number of ether oxygens (including phenoxy) is 1. The van der Waals surface area contributed by atoms with Gasteiger partial charge in [0.2, 0.25) is 0 Å². The Labute approximate surface area is 144 Å². The Morgan fingerprint density at radius 2 is 1.38 bits per heavy atom. The number of aryl methyl sites for hydroxylation is 2. The summed E-state index contributed by atoms with van der Waals surface area (Å²) in [6.45, 7) is 4.14. The van der Waals surface area contributed by atoms with Crippen LogP contribution in [-0.4, -0.2) is 11.4 Å². The molecule has 1 unspecified atom stereocenters. The molecule has 3 heteroatoms. The monoisotopic (exact) mass is 326 g/mol. The van der Waals surface area contributed by atoms with Crippen molar-refractivity contribution in [3.8, 4) is 5.75 Å². The summed E-state index contributed by atoms with van der Waals surface area (Å²) in [5, 5.41) is 9.40. The lowest BCUT2D eigenvalue weighted by Crippen LogP contribution is -2.27. The minimum atomic E-state index is -0.245. The summed E-state index contributed by atoms with van der Waals surface area (Å²) < 4.78 is 6.09. The van der Waals surface area contributed by atoms with E-state index in [4.69, 9.17) is 9.62 Å². The van der Waals surface area contributed by atoms with Gasteiger partial charge in [-0.1, -0.05) is 47.5 Å². The van der Waals surface area contributed by atoms with Crippen molar-refractivity contribution in [2.45, 2.75) is 51.7 Å². The van der Waals surface area contributed by atoms with Crippen LogP contribution >= 0.6 is 0 Å². The molecule has 1 atom stereocenters. The molecule has 24 heavy (non-hydrogen) atoms. The zero-order chi connectivity index (χ0) is 16.9. The molecule has 0 aliphatic heterocycles. The van der Waals surface area contributed by atoms with E-state index in [2.05, 4.69) is 38.1 Å². The minimum absolute atomic E-state index is 0.245. The predicted octanol–water partition coefficient (Wildman–Crippen LogP) is 5.47. The molecule has 2 aromatic carbocycles. The highest BCUT2D eigenvalue weighted by molar-refractivity contribution is 5.27. The Morgan fingerprint density at radius 1 is 0.833 bits per heavy atom. The SMILES string of the molecule is Cc1ccc(OC2CCC(C(OO)c3ccc(C)cc3)CC2)cc1. The summed E-state index contributed by atoms with van der Waals surface area (Å²) >= 11 is 0. The fraction of sp³-hybridized carbons (Fsp3) is 0.429. The van der Waals surface area contributed by atoms with Crippen LogP contribution in [0.1, 0.15) is 48.5 Å². The van der Waals surface area contributed by atoms with Crippen LogP contribution in [0.25, 0.3) is 0 Å². The lowest BCUT2D eigenvalue weighted by Gasteiger charge is -2.32. The Bertz CT molecular complexity index is 625. The molecule has 0 amide bonds. The summed E-state index contributed by atoms with van der Waals surface area (Å²) in [6.07, 6.45) is 3.98. The second-order valence-corrected chi connectivity index (χ2v) is 6.90. The van der Waals surface area contributed by atoms with E-state index in [0.717, 1.165) is 37.0 Å². The van der Waals surface area contributed by atoms with Crippen LogP contribution < -0.4 is 4.74 Å². The maximum atomic E-state index is 9.40. The van der Waals surface area contributed by atoms with E-state index < -0.39 is 0 Å². The van der Waals surface area contributed by atoms with Crippen LogP contribution in [0.4, 0.5) is 0 Å². The summed E-state index contributed by atoms with van der Waals surface area (Å²) in [6, 6.07) is 16.4. The van der Waals surface area contributed by atoms with Crippen molar-refractivity contribution >= 4 is 0 Å². The third-order valence-corrected chi connectivity index (χ3v) is 4.99. The molecule has 0 heterocycles. The molecule has 0 spiro atoms. The molecular weight excluding hydrogens is 300 g/mol. The van der Waals surface area contributed by atoms with E-state index in [9.17, 15) is 5.26 Å². The van der Waals surface area contributed by atoms with Crippen molar-refractivity contribution in [1.82, 2.24) is 0 Å². The zero-order valence-corrected chi connectivity index (χ0v) is 14.4. The molecule has 1 N–H and O–H groups in total. The number of hydrogen-bond donors (Lipinski definition) is 1. The number of benzene rings is 2. The number of hydrogen-bond acceptors (Lipinski definition) is 3. The minimum Gasteiger partial charge on any atom is -0.490 e. The highest BCUT2D eigenvalue weighted by atomic mass is 17.1. The van der Waals surface area contributed by atoms with Crippen molar-refractivity contribution in [3.63, 3.8) is 0 Å². The molecule has 3 rings (SSSR count). The highest BCUT2D eigenvalue weighted by Crippen LogP contribution is 2.37. The molecule has 3 nitrogen and oxygen atoms in total. The van der Waals surface area contributed by atoms with Gasteiger partial charge in [-0.25, -0.2) is 4.89 Å². The van der Waals surface area contributed by atoms with Crippen molar-refractivity contribution < 1.29 is 14.9 Å². The van der Waals surface area contributed by atoms with Gasteiger partial charge >= 0.3 is 0 Å². The van der Waals surface area contributed by atoms with Gasteiger partial charge in [-0.3, -0.25) is 5.26 Å². The molecule has 0 saturated heterocycles. The Kier molecular flexibility index (Phi) is 5.54. The lowest BCUT2D eigenvalue weighted by atomic mass is 9.81. The maximum absolute atomic E-state index is 9.40. The van der Waals surface area contributed by atoms with E-state index in [1.807, 2.05) is 24.3 Å². The molecule has 0 aromatic heterocycles. The first-order valence-corrected chi connectivity index (χ1v) is 8.76. The standard InChI is InChI=1S/C21H26O3/c1-15-3-7-17(8-4-15)21(24-22)18-9-13-20(14-10-18)23-19-11-5-16(2)6-12-19/h3-8,11-12,18,20-22H,9-10,13-14H2,1-2H3. The summed E-state index contributed by atoms with van der Waals surface area (Å²) in [7, 11) is 0. The van der Waals surface area contributed by atoms with E-state index in [1.165, 1.54) is 11.1 Å². The molecule has 2 aromatic rings. The Morgan fingerprint density at radius 3 is 1.92 bits per heavy atom. The lowest BCUT2D eigenvalue weighted by molar-refractivity contribution is -0.296. The van der Waals surface area contributed by atoms with Gasteiger partial charge in [-0.05, 0) is 63.1 Å². The van der Waals surface area contributed by atoms with Gasteiger partial charge in [-0.15, -0.1) is 0 Å². The van der Waals surface area contributed by atoms with Gasteiger partial charge < -0.3 is 4.74 Å². The van der Waals surface area contributed by atoms with Gasteiger partial charge in [0.05, 0.1) is 6.10 Å². The largest absolute Gasteiger partial charge is 0.490 e. The van der Waals surface area contributed by atoms with E-state index in [-0.39, 0.29) is 12.2 Å². The molecule has 0 radical (unpaired) electrons. The Balaban J connectivity index is 1.57. The number of rotatable bonds is 5. The van der Waals surface area contributed by atoms with Gasteiger partial charge in [0.15, 0.2) is 0 Å². The van der Waals surface area contributed by atoms with Crippen LogP contribution in [0.15, 0.2) is 48.5 Å². The first kappa shape index (κ1) is 17.0. The van der Waals surface area contributed by atoms with Crippen LogP contribution in [-0.2, 0) is 4.89 Å². The smallest absolute Gasteiger partial charge is 0.120 e. The second-order valence-electron chi connectivity index (χ2n) is 6.90. The van der Waals surface area contributed by atoms with Gasteiger partial charge in [0.1, 0.15) is 11.9 Å². The average molecular weight is 326 g/mol. The molecule has 1 aliphatic rings.